The third-order valence-electron chi connectivity index (χ3n) is 11.1. The van der Waals surface area contributed by atoms with Gasteiger partial charge in [-0.1, -0.05) is 177 Å². The van der Waals surface area contributed by atoms with Crippen LogP contribution in [0.5, 0.6) is 0 Å². The number of likely N-dealkylation sites (N-methyl/N-ethyl adjacent to an activating group) is 1. The predicted octanol–water partition coefficient (Wildman–Crippen LogP) is 13.4. The highest BCUT2D eigenvalue weighted by Crippen LogP contribution is 2.14. The van der Waals surface area contributed by atoms with Crippen molar-refractivity contribution >= 4 is 17.9 Å². The number of ether oxygens (including phenoxy) is 3. The van der Waals surface area contributed by atoms with Crippen LogP contribution < -0.4 is 5.11 Å². The standard InChI is InChI=1S/C55H95NO7/c1-6-8-10-12-14-16-18-20-22-24-25-26-27-28-29-30-32-34-36-38-40-42-44-46-54(58)63-51(49-61-48-47-52(55(59)60)56(3,4)5)50-62-53(57)45-43-41-39-37-35-33-31-23-21-19-17-15-13-11-9-7-2/h8,10,14,16-17,19-20,22-23,25-26,31,51-52H,6-7,9,11-13,15,18,21,24,27-30,32-50H2,1-5H3/b10-8-,16-14-,19-17-,22-20-,26-25-,31-23-. The summed E-state index contributed by atoms with van der Waals surface area (Å²) in [6.07, 6.45) is 57.8. The van der Waals surface area contributed by atoms with Crippen LogP contribution in [0.25, 0.3) is 0 Å². The van der Waals surface area contributed by atoms with Crippen molar-refractivity contribution in [1.82, 2.24) is 0 Å². The summed E-state index contributed by atoms with van der Waals surface area (Å²) in [6, 6.07) is -0.732. The molecule has 0 aromatic rings. The fourth-order valence-electron chi connectivity index (χ4n) is 7.15. The minimum Gasteiger partial charge on any atom is -0.544 e. The molecule has 0 saturated carbocycles. The van der Waals surface area contributed by atoms with E-state index < -0.39 is 18.1 Å². The number of aliphatic carboxylic acids is 1. The van der Waals surface area contributed by atoms with E-state index in [1.165, 1.54) is 77.0 Å². The third-order valence-corrected chi connectivity index (χ3v) is 11.1. The molecule has 2 unspecified atom stereocenters. The van der Waals surface area contributed by atoms with Gasteiger partial charge in [0.2, 0.25) is 0 Å². The lowest BCUT2D eigenvalue weighted by atomic mass is 10.0. The maximum absolute atomic E-state index is 12.8. The van der Waals surface area contributed by atoms with Crippen molar-refractivity contribution in [3.05, 3.63) is 72.9 Å². The summed E-state index contributed by atoms with van der Waals surface area (Å²) in [6.45, 7) is 4.52. The van der Waals surface area contributed by atoms with E-state index in [-0.39, 0.29) is 42.7 Å². The Labute approximate surface area is 387 Å². The van der Waals surface area contributed by atoms with Crippen LogP contribution in [-0.4, -0.2) is 75.5 Å². The summed E-state index contributed by atoms with van der Waals surface area (Å²) in [7, 11) is 5.41. The molecule has 0 amide bonds. The molecular formula is C55H95NO7. The molecule has 0 heterocycles. The zero-order chi connectivity index (χ0) is 46.3. The number of carboxylic acids is 1. The quantitative estimate of drug-likeness (QED) is 0.0260. The first kappa shape index (κ1) is 59.8. The van der Waals surface area contributed by atoms with Gasteiger partial charge in [-0.2, -0.15) is 0 Å². The number of nitrogens with zero attached hydrogens (tertiary/aromatic N) is 1. The van der Waals surface area contributed by atoms with Crippen molar-refractivity contribution in [2.24, 2.45) is 0 Å². The molecule has 0 fully saturated rings. The molecule has 0 aliphatic carbocycles. The molecular weight excluding hydrogens is 787 g/mol. The van der Waals surface area contributed by atoms with Gasteiger partial charge in [-0.05, 0) is 83.5 Å². The Bertz CT molecular complexity index is 1260. The number of rotatable bonds is 45. The van der Waals surface area contributed by atoms with Crippen molar-refractivity contribution in [3.63, 3.8) is 0 Å². The van der Waals surface area contributed by atoms with Gasteiger partial charge in [0.25, 0.3) is 0 Å². The highest BCUT2D eigenvalue weighted by molar-refractivity contribution is 5.70. The van der Waals surface area contributed by atoms with Gasteiger partial charge in [-0.3, -0.25) is 9.59 Å². The van der Waals surface area contributed by atoms with Crippen molar-refractivity contribution in [3.8, 4) is 0 Å². The van der Waals surface area contributed by atoms with Crippen LogP contribution in [0.2, 0.25) is 0 Å². The molecule has 0 aliphatic heterocycles. The number of carbonyl (C=O) groups is 3. The normalized spacial score (nSPS) is 13.5. The number of esters is 2. The Morgan fingerprint density at radius 2 is 0.889 bits per heavy atom. The van der Waals surface area contributed by atoms with Crippen LogP contribution in [-0.2, 0) is 28.6 Å². The molecule has 0 aromatic heterocycles. The summed E-state index contributed by atoms with van der Waals surface area (Å²) in [5, 5.41) is 11.7. The maximum atomic E-state index is 12.8. The molecule has 63 heavy (non-hydrogen) atoms. The van der Waals surface area contributed by atoms with Crippen LogP contribution in [0.4, 0.5) is 0 Å². The second-order valence-electron chi connectivity index (χ2n) is 18.0. The van der Waals surface area contributed by atoms with Gasteiger partial charge in [0, 0.05) is 19.3 Å². The molecule has 0 radical (unpaired) electrons. The molecule has 2 atom stereocenters. The number of carboxylic acid groups (broad SMARTS) is 1. The minimum absolute atomic E-state index is 0.0319. The molecule has 0 aliphatic rings. The predicted molar refractivity (Wildman–Crippen MR) is 263 cm³/mol. The number of hydrogen-bond acceptors (Lipinski definition) is 7. The number of hydrogen-bond donors (Lipinski definition) is 0. The van der Waals surface area contributed by atoms with E-state index in [0.29, 0.717) is 12.8 Å². The number of unbranched alkanes of at least 4 members (excludes halogenated alkanes) is 19. The Balaban J connectivity index is 4.27. The Kier molecular flexibility index (Phi) is 43.0. The van der Waals surface area contributed by atoms with Gasteiger partial charge in [-0.25, -0.2) is 0 Å². The Morgan fingerprint density at radius 1 is 0.492 bits per heavy atom. The summed E-state index contributed by atoms with van der Waals surface area (Å²) < 4.78 is 17.2. The smallest absolute Gasteiger partial charge is 0.306 e. The van der Waals surface area contributed by atoms with Crippen molar-refractivity contribution in [2.75, 3.05) is 41.0 Å². The van der Waals surface area contributed by atoms with E-state index in [2.05, 4.69) is 86.8 Å². The van der Waals surface area contributed by atoms with Gasteiger partial charge in [0.15, 0.2) is 6.10 Å². The molecule has 0 saturated heterocycles. The van der Waals surface area contributed by atoms with Crippen molar-refractivity contribution < 1.29 is 38.2 Å². The van der Waals surface area contributed by atoms with Crippen molar-refractivity contribution in [1.29, 1.82) is 0 Å². The number of quaternary nitrogens is 1. The van der Waals surface area contributed by atoms with E-state index in [9.17, 15) is 19.5 Å². The lowest BCUT2D eigenvalue weighted by Gasteiger charge is -2.34. The molecule has 0 rings (SSSR count). The van der Waals surface area contributed by atoms with Gasteiger partial charge in [0.05, 0.1) is 40.3 Å². The fraction of sp³-hybridized carbons (Fsp3) is 0.727. The first-order valence-corrected chi connectivity index (χ1v) is 25.5. The molecule has 362 valence electrons. The van der Waals surface area contributed by atoms with E-state index >= 15 is 0 Å². The number of allylic oxidation sites excluding steroid dienone is 12. The van der Waals surface area contributed by atoms with Gasteiger partial charge in [-0.15, -0.1) is 0 Å². The zero-order valence-electron chi connectivity index (χ0n) is 41.2. The lowest BCUT2D eigenvalue weighted by molar-refractivity contribution is -0.889. The lowest BCUT2D eigenvalue weighted by Crippen LogP contribution is -2.55. The van der Waals surface area contributed by atoms with Crippen LogP contribution in [0.3, 0.4) is 0 Å². The van der Waals surface area contributed by atoms with Gasteiger partial charge in [0.1, 0.15) is 12.6 Å². The first-order valence-electron chi connectivity index (χ1n) is 25.5. The second kappa shape index (κ2) is 45.3. The first-order chi connectivity index (χ1) is 30.6. The Morgan fingerprint density at radius 3 is 1.32 bits per heavy atom. The van der Waals surface area contributed by atoms with E-state index in [1.807, 2.05) is 0 Å². The molecule has 0 spiro atoms. The van der Waals surface area contributed by atoms with Crippen LogP contribution in [0.1, 0.15) is 206 Å². The third kappa shape index (κ3) is 43.8. The van der Waals surface area contributed by atoms with Crippen LogP contribution in [0, 0.1) is 0 Å². The molecule has 0 bridgehead atoms. The second-order valence-corrected chi connectivity index (χ2v) is 18.0. The number of carbonyl (C=O) groups excluding carboxylic acids is 3. The summed E-state index contributed by atoms with van der Waals surface area (Å²) >= 11 is 0. The maximum Gasteiger partial charge on any atom is 0.306 e. The zero-order valence-corrected chi connectivity index (χ0v) is 41.2. The molecule has 8 nitrogen and oxygen atoms in total. The van der Waals surface area contributed by atoms with Crippen LogP contribution in [0.15, 0.2) is 72.9 Å². The highest BCUT2D eigenvalue weighted by Gasteiger charge is 2.25. The van der Waals surface area contributed by atoms with Gasteiger partial charge >= 0.3 is 11.9 Å². The highest BCUT2D eigenvalue weighted by atomic mass is 16.6. The monoisotopic (exact) mass is 882 g/mol. The van der Waals surface area contributed by atoms with E-state index in [0.717, 1.165) is 96.3 Å². The largest absolute Gasteiger partial charge is 0.544 e. The van der Waals surface area contributed by atoms with Gasteiger partial charge < -0.3 is 28.6 Å². The minimum atomic E-state index is -1.13. The summed E-state index contributed by atoms with van der Waals surface area (Å²) in [5.74, 6) is -1.76. The van der Waals surface area contributed by atoms with Crippen LogP contribution >= 0.6 is 0 Å². The Hall–Kier alpha value is -3.23. The van der Waals surface area contributed by atoms with E-state index in [4.69, 9.17) is 14.2 Å². The molecule has 0 aromatic carbocycles. The molecule has 8 heteroatoms. The topological polar surface area (TPSA) is 102 Å². The summed E-state index contributed by atoms with van der Waals surface area (Å²) in [4.78, 5) is 37.0. The molecule has 0 N–H and O–H groups in total. The van der Waals surface area contributed by atoms with Crippen molar-refractivity contribution in [2.45, 2.75) is 219 Å². The fourth-order valence-corrected chi connectivity index (χ4v) is 7.15. The average Bonchev–Trinajstić information content (AvgIpc) is 3.24. The summed E-state index contributed by atoms with van der Waals surface area (Å²) in [5.41, 5.74) is 0. The SMILES string of the molecule is CC/C=C\C/C=C\C/C=C\C/C=C\CCCCCCCCCCCCC(=O)OC(COCCC(C(=O)[O-])[N+](C)(C)C)COC(=O)CCCCCCC/C=C\C/C=C\CCCCCC. The average molecular weight is 882 g/mol. The van der Waals surface area contributed by atoms with E-state index in [1.54, 1.807) is 21.1 Å².